The third kappa shape index (κ3) is 2.65. The number of nitrogens with zero attached hydrogens (tertiary/aromatic N) is 2. The van der Waals surface area contributed by atoms with Crippen molar-refractivity contribution >= 4 is 0 Å². The van der Waals surface area contributed by atoms with Crippen molar-refractivity contribution in [3.05, 3.63) is 17.0 Å². The molecule has 0 bridgehead atoms. The fourth-order valence-corrected chi connectivity index (χ4v) is 2.12. The first-order valence-corrected chi connectivity index (χ1v) is 5.78. The van der Waals surface area contributed by atoms with E-state index in [4.69, 9.17) is 6.42 Å². The van der Waals surface area contributed by atoms with Crippen molar-refractivity contribution < 1.29 is 0 Å². The third-order valence-corrected chi connectivity index (χ3v) is 2.94. The Bertz CT molecular complexity index is 385. The summed E-state index contributed by atoms with van der Waals surface area (Å²) in [6.07, 6.45) is 7.10. The Kier molecular flexibility index (Phi) is 4.57. The van der Waals surface area contributed by atoms with Crippen molar-refractivity contribution in [2.75, 3.05) is 6.54 Å². The second kappa shape index (κ2) is 5.72. The summed E-state index contributed by atoms with van der Waals surface area (Å²) in [5.41, 5.74) is 3.63. The molecule has 0 radical (unpaired) electrons. The van der Waals surface area contributed by atoms with Crippen molar-refractivity contribution in [2.24, 2.45) is 7.05 Å². The molecule has 1 aromatic heterocycles. The lowest BCUT2D eigenvalue weighted by Gasteiger charge is -2.17. The smallest absolute Gasteiger partial charge is 0.0644 e. The van der Waals surface area contributed by atoms with Crippen LogP contribution in [0.5, 0.6) is 0 Å². The van der Waals surface area contributed by atoms with Gasteiger partial charge in [-0.1, -0.05) is 6.92 Å². The quantitative estimate of drug-likeness (QED) is 0.769. The molecule has 1 N–H and O–H groups in total. The molecular formula is C13H21N3. The van der Waals surface area contributed by atoms with Gasteiger partial charge in [-0.2, -0.15) is 5.10 Å². The van der Waals surface area contributed by atoms with Gasteiger partial charge < -0.3 is 5.32 Å². The zero-order valence-electron chi connectivity index (χ0n) is 10.7. The molecule has 0 amide bonds. The van der Waals surface area contributed by atoms with Crippen LogP contribution in [0.15, 0.2) is 0 Å². The lowest BCUT2D eigenvalue weighted by atomic mass is 10.00. The van der Waals surface area contributed by atoms with E-state index >= 15 is 0 Å². The summed E-state index contributed by atoms with van der Waals surface area (Å²) in [5, 5.41) is 7.93. The van der Waals surface area contributed by atoms with Gasteiger partial charge in [0.1, 0.15) is 0 Å². The van der Waals surface area contributed by atoms with Crippen LogP contribution in [0.25, 0.3) is 0 Å². The van der Waals surface area contributed by atoms with E-state index in [0.29, 0.717) is 6.04 Å². The number of hydrogen-bond acceptors (Lipinski definition) is 2. The molecule has 0 aromatic carbocycles. The number of aromatic nitrogens is 2. The van der Waals surface area contributed by atoms with E-state index in [1.54, 1.807) is 0 Å². The minimum Gasteiger partial charge on any atom is -0.310 e. The van der Waals surface area contributed by atoms with Gasteiger partial charge in [0.15, 0.2) is 0 Å². The first-order chi connectivity index (χ1) is 7.61. The van der Waals surface area contributed by atoms with Gasteiger partial charge in [0, 0.05) is 30.8 Å². The van der Waals surface area contributed by atoms with Crippen molar-refractivity contribution in [2.45, 2.75) is 39.7 Å². The van der Waals surface area contributed by atoms with Gasteiger partial charge in [0.25, 0.3) is 0 Å². The highest BCUT2D eigenvalue weighted by Crippen LogP contribution is 2.24. The van der Waals surface area contributed by atoms with Gasteiger partial charge in [-0.3, -0.25) is 4.68 Å². The fraction of sp³-hybridized carbons (Fsp3) is 0.615. The lowest BCUT2D eigenvalue weighted by molar-refractivity contribution is 0.517. The van der Waals surface area contributed by atoms with Crippen LogP contribution in [0.3, 0.4) is 0 Å². The number of terminal acetylenes is 1. The summed E-state index contributed by atoms with van der Waals surface area (Å²) in [6.45, 7) is 7.23. The van der Waals surface area contributed by atoms with Gasteiger partial charge in [-0.05, 0) is 26.8 Å². The van der Waals surface area contributed by atoms with Crippen molar-refractivity contribution in [1.82, 2.24) is 15.1 Å². The molecule has 1 atom stereocenters. The first kappa shape index (κ1) is 12.8. The molecule has 16 heavy (non-hydrogen) atoms. The third-order valence-electron chi connectivity index (χ3n) is 2.94. The predicted octanol–water partition coefficient (Wildman–Crippen LogP) is 2.10. The zero-order chi connectivity index (χ0) is 12.1. The SMILES string of the molecule is C#CCCC(NCC)c1c(C)nn(C)c1C. The van der Waals surface area contributed by atoms with Crippen LogP contribution >= 0.6 is 0 Å². The van der Waals surface area contributed by atoms with E-state index in [9.17, 15) is 0 Å². The van der Waals surface area contributed by atoms with Gasteiger partial charge in [-0.15, -0.1) is 12.3 Å². The summed E-state index contributed by atoms with van der Waals surface area (Å²) in [6, 6.07) is 0.328. The molecule has 0 aliphatic rings. The van der Waals surface area contributed by atoms with E-state index < -0.39 is 0 Å². The van der Waals surface area contributed by atoms with Crippen LogP contribution in [0, 0.1) is 26.2 Å². The van der Waals surface area contributed by atoms with E-state index in [0.717, 1.165) is 25.1 Å². The predicted molar refractivity (Wildman–Crippen MR) is 67.2 cm³/mol. The molecule has 88 valence electrons. The normalized spacial score (nSPS) is 12.4. The summed E-state index contributed by atoms with van der Waals surface area (Å²) < 4.78 is 1.94. The van der Waals surface area contributed by atoms with E-state index in [1.807, 2.05) is 11.7 Å². The van der Waals surface area contributed by atoms with Gasteiger partial charge in [0.05, 0.1) is 5.69 Å². The fourth-order valence-electron chi connectivity index (χ4n) is 2.12. The van der Waals surface area contributed by atoms with Crippen LogP contribution < -0.4 is 5.32 Å². The Morgan fingerprint density at radius 1 is 1.50 bits per heavy atom. The van der Waals surface area contributed by atoms with E-state index in [-0.39, 0.29) is 0 Å². The number of nitrogens with one attached hydrogen (secondary N) is 1. The highest BCUT2D eigenvalue weighted by molar-refractivity contribution is 5.28. The monoisotopic (exact) mass is 219 g/mol. The average Bonchev–Trinajstić information content (AvgIpc) is 2.49. The molecule has 1 unspecified atom stereocenters. The van der Waals surface area contributed by atoms with E-state index in [1.165, 1.54) is 11.3 Å². The summed E-state index contributed by atoms with van der Waals surface area (Å²) >= 11 is 0. The van der Waals surface area contributed by atoms with Gasteiger partial charge >= 0.3 is 0 Å². The number of hydrogen-bond donors (Lipinski definition) is 1. The summed E-state index contributed by atoms with van der Waals surface area (Å²) in [7, 11) is 1.98. The lowest BCUT2D eigenvalue weighted by Crippen LogP contribution is -2.22. The highest BCUT2D eigenvalue weighted by Gasteiger charge is 2.18. The van der Waals surface area contributed by atoms with Crippen LogP contribution in [0.2, 0.25) is 0 Å². The Balaban J connectivity index is 2.96. The molecule has 0 saturated heterocycles. The van der Waals surface area contributed by atoms with Gasteiger partial charge in [0.2, 0.25) is 0 Å². The molecule has 0 spiro atoms. The minimum absolute atomic E-state index is 0.328. The molecular weight excluding hydrogens is 198 g/mol. The van der Waals surface area contributed by atoms with Gasteiger partial charge in [-0.25, -0.2) is 0 Å². The summed E-state index contributed by atoms with van der Waals surface area (Å²) in [5.74, 6) is 2.70. The minimum atomic E-state index is 0.328. The van der Waals surface area contributed by atoms with Crippen LogP contribution in [-0.2, 0) is 7.05 Å². The second-order valence-electron chi connectivity index (χ2n) is 4.06. The molecule has 1 aromatic rings. The average molecular weight is 219 g/mol. The van der Waals surface area contributed by atoms with E-state index in [2.05, 4.69) is 37.1 Å². The molecule has 3 nitrogen and oxygen atoms in total. The number of aryl methyl sites for hydroxylation is 2. The maximum Gasteiger partial charge on any atom is 0.0644 e. The Morgan fingerprint density at radius 2 is 2.19 bits per heavy atom. The maximum atomic E-state index is 5.33. The number of rotatable bonds is 5. The molecule has 0 fully saturated rings. The molecule has 1 rings (SSSR count). The second-order valence-corrected chi connectivity index (χ2v) is 4.06. The first-order valence-electron chi connectivity index (χ1n) is 5.78. The van der Waals surface area contributed by atoms with Crippen molar-refractivity contribution in [1.29, 1.82) is 0 Å². The zero-order valence-corrected chi connectivity index (χ0v) is 10.7. The van der Waals surface area contributed by atoms with Crippen LogP contribution in [-0.4, -0.2) is 16.3 Å². The Morgan fingerprint density at radius 3 is 2.62 bits per heavy atom. The molecule has 0 aliphatic carbocycles. The standard InChI is InChI=1S/C13H21N3/c1-6-8-9-12(14-7-2)13-10(3)15-16(5)11(13)4/h1,12,14H,7-9H2,2-5H3. The largest absolute Gasteiger partial charge is 0.310 e. The Labute approximate surface area is 98.2 Å². The maximum absolute atomic E-state index is 5.33. The van der Waals surface area contributed by atoms with Crippen molar-refractivity contribution in [3.63, 3.8) is 0 Å². The molecule has 3 heteroatoms. The van der Waals surface area contributed by atoms with Crippen LogP contribution in [0.1, 0.15) is 42.8 Å². The summed E-state index contributed by atoms with van der Waals surface area (Å²) in [4.78, 5) is 0. The van der Waals surface area contributed by atoms with Crippen molar-refractivity contribution in [3.8, 4) is 12.3 Å². The Hall–Kier alpha value is -1.27. The van der Waals surface area contributed by atoms with Crippen LogP contribution in [0.4, 0.5) is 0 Å². The molecule has 1 heterocycles. The molecule has 0 aliphatic heterocycles. The molecule has 0 saturated carbocycles. The topological polar surface area (TPSA) is 29.9 Å². The highest BCUT2D eigenvalue weighted by atomic mass is 15.3.